The molecule has 1 fully saturated rings. The Labute approximate surface area is 94.1 Å². The first-order valence-corrected chi connectivity index (χ1v) is 6.22. The highest BCUT2D eigenvalue weighted by Gasteiger charge is 2.27. The van der Waals surface area contributed by atoms with E-state index in [1.807, 2.05) is 11.8 Å². The first kappa shape index (κ1) is 12.4. The minimum absolute atomic E-state index is 0.139. The molecule has 15 heavy (non-hydrogen) atoms. The molecule has 0 aromatic heterocycles. The van der Waals surface area contributed by atoms with Gasteiger partial charge in [-0.15, -0.1) is 0 Å². The Balaban J connectivity index is 2.29. The van der Waals surface area contributed by atoms with E-state index in [9.17, 15) is 9.59 Å². The number of thioether (sulfide) groups is 1. The van der Waals surface area contributed by atoms with Gasteiger partial charge in [-0.2, -0.15) is 11.8 Å². The zero-order valence-corrected chi connectivity index (χ0v) is 9.93. The van der Waals surface area contributed by atoms with Gasteiger partial charge in [0.1, 0.15) is 0 Å². The molecule has 1 aliphatic carbocycles. The molecule has 0 bridgehead atoms. The molecule has 2 atom stereocenters. The van der Waals surface area contributed by atoms with E-state index in [0.717, 1.165) is 25.0 Å². The summed E-state index contributed by atoms with van der Waals surface area (Å²) in [6.45, 7) is 2.13. The minimum Gasteiger partial charge on any atom is -0.462 e. The molecule has 2 unspecified atom stereocenters. The van der Waals surface area contributed by atoms with E-state index in [1.165, 1.54) is 7.11 Å². The van der Waals surface area contributed by atoms with Crippen LogP contribution in [-0.2, 0) is 14.3 Å². The number of hydrogen-bond acceptors (Lipinski definition) is 4. The molecule has 0 saturated heterocycles. The molecule has 86 valence electrons. The number of amides is 1. The van der Waals surface area contributed by atoms with Crippen LogP contribution in [-0.4, -0.2) is 36.0 Å². The topological polar surface area (TPSA) is 55.4 Å². The van der Waals surface area contributed by atoms with Gasteiger partial charge in [0.15, 0.2) is 0 Å². The van der Waals surface area contributed by atoms with Gasteiger partial charge in [0, 0.05) is 11.3 Å². The third-order valence-electron chi connectivity index (χ3n) is 2.49. The molecular weight excluding hydrogens is 214 g/mol. The van der Waals surface area contributed by atoms with Gasteiger partial charge in [-0.1, -0.05) is 6.92 Å². The van der Waals surface area contributed by atoms with Crippen LogP contribution in [0, 0.1) is 0 Å². The SMILES string of the molecule is CCSC1CCC(NC(=O)C(=O)OC)C1. The predicted octanol–water partition coefficient (Wildman–Crippen LogP) is 0.950. The normalized spacial score (nSPS) is 24.9. The van der Waals surface area contributed by atoms with E-state index >= 15 is 0 Å². The van der Waals surface area contributed by atoms with Crippen LogP contribution in [0.25, 0.3) is 0 Å². The zero-order chi connectivity index (χ0) is 11.3. The van der Waals surface area contributed by atoms with Crippen LogP contribution < -0.4 is 5.32 Å². The Morgan fingerprint density at radius 3 is 2.80 bits per heavy atom. The maximum absolute atomic E-state index is 11.2. The number of hydrogen-bond donors (Lipinski definition) is 1. The zero-order valence-electron chi connectivity index (χ0n) is 9.12. The summed E-state index contributed by atoms with van der Waals surface area (Å²) in [7, 11) is 1.21. The second-order valence-corrected chi connectivity index (χ2v) is 5.13. The maximum atomic E-state index is 11.2. The molecular formula is C10H17NO3S. The van der Waals surface area contributed by atoms with Crippen molar-refractivity contribution < 1.29 is 14.3 Å². The van der Waals surface area contributed by atoms with Gasteiger partial charge in [-0.25, -0.2) is 4.79 Å². The summed E-state index contributed by atoms with van der Waals surface area (Å²) < 4.78 is 4.34. The number of rotatable bonds is 3. The minimum atomic E-state index is -0.804. The summed E-state index contributed by atoms with van der Waals surface area (Å²) in [6.07, 6.45) is 3.03. The van der Waals surface area contributed by atoms with Crippen molar-refractivity contribution in [1.82, 2.24) is 5.32 Å². The third-order valence-corrected chi connectivity index (χ3v) is 3.73. The van der Waals surface area contributed by atoms with Crippen molar-refractivity contribution in [2.45, 2.75) is 37.5 Å². The standard InChI is InChI=1S/C10H17NO3S/c1-3-15-8-5-4-7(6-8)11-9(12)10(13)14-2/h7-8H,3-6H2,1-2H3,(H,11,12). The molecule has 5 heteroatoms. The molecule has 0 spiro atoms. The molecule has 0 aromatic carbocycles. The van der Waals surface area contributed by atoms with Crippen molar-refractivity contribution in [3.05, 3.63) is 0 Å². The molecule has 0 aromatic rings. The van der Waals surface area contributed by atoms with E-state index in [-0.39, 0.29) is 6.04 Å². The fourth-order valence-electron chi connectivity index (χ4n) is 1.80. The van der Waals surface area contributed by atoms with Crippen LogP contribution in [0.3, 0.4) is 0 Å². The lowest BCUT2D eigenvalue weighted by Gasteiger charge is -2.11. The number of carbonyl (C=O) groups is 2. The Bertz CT molecular complexity index is 245. The van der Waals surface area contributed by atoms with Gasteiger partial charge >= 0.3 is 11.9 Å². The summed E-state index contributed by atoms with van der Waals surface area (Å²) >= 11 is 1.92. The van der Waals surface area contributed by atoms with E-state index in [4.69, 9.17) is 0 Å². The smallest absolute Gasteiger partial charge is 0.396 e. The first-order valence-electron chi connectivity index (χ1n) is 5.17. The van der Waals surface area contributed by atoms with Gasteiger partial charge in [0.05, 0.1) is 7.11 Å². The molecule has 0 heterocycles. The van der Waals surface area contributed by atoms with Crippen LogP contribution in [0.2, 0.25) is 0 Å². The second-order valence-electron chi connectivity index (χ2n) is 3.55. The van der Waals surface area contributed by atoms with E-state index in [0.29, 0.717) is 5.25 Å². The highest BCUT2D eigenvalue weighted by atomic mass is 32.2. The predicted molar refractivity (Wildman–Crippen MR) is 59.7 cm³/mol. The molecule has 1 aliphatic rings. The van der Waals surface area contributed by atoms with Gasteiger partial charge < -0.3 is 10.1 Å². The average Bonchev–Trinajstić information content (AvgIpc) is 2.65. The van der Waals surface area contributed by atoms with Crippen LogP contribution in [0.15, 0.2) is 0 Å². The van der Waals surface area contributed by atoms with Crippen molar-refractivity contribution in [2.24, 2.45) is 0 Å². The van der Waals surface area contributed by atoms with Crippen molar-refractivity contribution >= 4 is 23.6 Å². The Morgan fingerprint density at radius 1 is 1.47 bits per heavy atom. The van der Waals surface area contributed by atoms with Gasteiger partial charge in [0.25, 0.3) is 0 Å². The second kappa shape index (κ2) is 6.00. The summed E-state index contributed by atoms with van der Waals surface area (Å²) in [4.78, 5) is 22.1. The number of methoxy groups -OCH3 is 1. The molecule has 1 saturated carbocycles. The fraction of sp³-hybridized carbons (Fsp3) is 0.800. The first-order chi connectivity index (χ1) is 7.17. The largest absolute Gasteiger partial charge is 0.462 e. The third kappa shape index (κ3) is 3.74. The molecule has 1 rings (SSSR count). The van der Waals surface area contributed by atoms with E-state index in [1.54, 1.807) is 0 Å². The maximum Gasteiger partial charge on any atom is 0.396 e. The van der Waals surface area contributed by atoms with Crippen molar-refractivity contribution in [3.63, 3.8) is 0 Å². The fourth-order valence-corrected chi connectivity index (χ4v) is 2.94. The lowest BCUT2D eigenvalue weighted by molar-refractivity contribution is -0.153. The number of esters is 1. The van der Waals surface area contributed by atoms with E-state index in [2.05, 4.69) is 17.0 Å². The number of carbonyl (C=O) groups excluding carboxylic acids is 2. The quantitative estimate of drug-likeness (QED) is 0.580. The van der Waals surface area contributed by atoms with Gasteiger partial charge in [-0.3, -0.25) is 4.79 Å². The molecule has 1 amide bonds. The molecule has 0 radical (unpaired) electrons. The summed E-state index contributed by atoms with van der Waals surface area (Å²) in [5, 5.41) is 3.31. The summed E-state index contributed by atoms with van der Waals surface area (Å²) in [5.74, 6) is -0.325. The average molecular weight is 231 g/mol. The molecule has 0 aliphatic heterocycles. The molecule has 4 nitrogen and oxygen atoms in total. The highest BCUT2D eigenvalue weighted by molar-refractivity contribution is 7.99. The summed E-state index contributed by atoms with van der Waals surface area (Å²) in [6, 6.07) is 0.139. The Hall–Kier alpha value is -0.710. The monoisotopic (exact) mass is 231 g/mol. The van der Waals surface area contributed by atoms with E-state index < -0.39 is 11.9 Å². The highest BCUT2D eigenvalue weighted by Crippen LogP contribution is 2.29. The van der Waals surface area contributed by atoms with Gasteiger partial charge in [-0.05, 0) is 25.0 Å². The van der Waals surface area contributed by atoms with Crippen LogP contribution in [0.5, 0.6) is 0 Å². The lowest BCUT2D eigenvalue weighted by atomic mass is 10.2. The number of ether oxygens (including phenoxy) is 1. The Morgan fingerprint density at radius 2 is 2.20 bits per heavy atom. The van der Waals surface area contributed by atoms with Crippen molar-refractivity contribution in [1.29, 1.82) is 0 Å². The lowest BCUT2D eigenvalue weighted by Crippen LogP contribution is -2.38. The molecule has 1 N–H and O–H groups in total. The van der Waals surface area contributed by atoms with Crippen molar-refractivity contribution in [3.8, 4) is 0 Å². The Kier molecular flexibility index (Phi) is 4.94. The van der Waals surface area contributed by atoms with Crippen LogP contribution in [0.4, 0.5) is 0 Å². The van der Waals surface area contributed by atoms with Gasteiger partial charge in [0.2, 0.25) is 0 Å². The number of nitrogens with one attached hydrogen (secondary N) is 1. The van der Waals surface area contributed by atoms with Crippen LogP contribution in [0.1, 0.15) is 26.2 Å². The van der Waals surface area contributed by atoms with Crippen LogP contribution >= 0.6 is 11.8 Å². The summed E-state index contributed by atoms with van der Waals surface area (Å²) in [5.41, 5.74) is 0. The van der Waals surface area contributed by atoms with Crippen molar-refractivity contribution in [2.75, 3.05) is 12.9 Å².